The predicted molar refractivity (Wildman–Crippen MR) is 120 cm³/mol. The van der Waals surface area contributed by atoms with E-state index in [-0.39, 0.29) is 17.7 Å². The number of allylic oxidation sites excluding steroid dienone is 1. The Kier molecular flexibility index (Phi) is 6.38. The monoisotopic (exact) mass is 423 g/mol. The molecule has 2 amide bonds. The maximum absolute atomic E-state index is 13.0. The molecular weight excluding hydrogens is 394 g/mol. The first-order chi connectivity index (χ1) is 14.5. The fourth-order valence-corrected chi connectivity index (χ4v) is 3.36. The van der Waals surface area contributed by atoms with Crippen LogP contribution in [0.2, 0.25) is 0 Å². The maximum atomic E-state index is 13.0. The van der Waals surface area contributed by atoms with E-state index in [0.29, 0.717) is 23.5 Å². The molecule has 0 aliphatic carbocycles. The molecule has 1 aliphatic rings. The van der Waals surface area contributed by atoms with Crippen molar-refractivity contribution in [3.05, 3.63) is 42.4 Å². The summed E-state index contributed by atoms with van der Waals surface area (Å²) in [5.74, 6) is -0.371. The molecule has 2 bridgehead atoms. The summed E-state index contributed by atoms with van der Waals surface area (Å²) in [5, 5.41) is 7.32. The zero-order chi connectivity index (χ0) is 22.8. The molecule has 3 heterocycles. The smallest absolute Gasteiger partial charge is 0.434 e. The van der Waals surface area contributed by atoms with Crippen LogP contribution in [-0.4, -0.2) is 38.1 Å². The SMILES string of the molecule is CC(C)[C@@H]1/C=C/C/C(=N\C(=O)OC(C)(C)C)c2cc(ccn2)-c2c(cnn2C)NC1=O. The Morgan fingerprint density at radius 1 is 1.35 bits per heavy atom. The third-order valence-electron chi connectivity index (χ3n) is 4.82. The number of hydrogen-bond donors (Lipinski definition) is 1. The van der Waals surface area contributed by atoms with Crippen molar-refractivity contribution in [3.63, 3.8) is 0 Å². The van der Waals surface area contributed by atoms with Crippen molar-refractivity contribution in [1.29, 1.82) is 0 Å². The number of aryl methyl sites for hydroxylation is 1. The van der Waals surface area contributed by atoms with Gasteiger partial charge in [0.2, 0.25) is 5.91 Å². The highest BCUT2D eigenvalue weighted by atomic mass is 16.6. The molecule has 1 aliphatic heterocycles. The Balaban J connectivity index is 2.14. The number of pyridine rings is 1. The molecule has 2 aromatic heterocycles. The molecule has 164 valence electrons. The van der Waals surface area contributed by atoms with Crippen LogP contribution in [0, 0.1) is 11.8 Å². The van der Waals surface area contributed by atoms with Gasteiger partial charge >= 0.3 is 6.09 Å². The second-order valence-corrected chi connectivity index (χ2v) is 8.89. The summed E-state index contributed by atoms with van der Waals surface area (Å²) in [4.78, 5) is 34.0. The van der Waals surface area contributed by atoms with Gasteiger partial charge in [-0.05, 0) is 38.8 Å². The molecule has 8 heteroatoms. The number of rotatable bonds is 1. The van der Waals surface area contributed by atoms with E-state index >= 15 is 0 Å². The van der Waals surface area contributed by atoms with Gasteiger partial charge in [0.05, 0.1) is 34.9 Å². The average molecular weight is 424 g/mol. The first-order valence-electron chi connectivity index (χ1n) is 10.3. The van der Waals surface area contributed by atoms with Crippen molar-refractivity contribution in [3.8, 4) is 11.3 Å². The molecule has 31 heavy (non-hydrogen) atoms. The number of aliphatic imine (C=N–C) groups is 1. The van der Waals surface area contributed by atoms with Crippen LogP contribution in [0.3, 0.4) is 0 Å². The van der Waals surface area contributed by atoms with Gasteiger partial charge < -0.3 is 10.1 Å². The van der Waals surface area contributed by atoms with Gasteiger partial charge in [-0.25, -0.2) is 4.79 Å². The van der Waals surface area contributed by atoms with Crippen molar-refractivity contribution in [1.82, 2.24) is 14.8 Å². The van der Waals surface area contributed by atoms with Crippen LogP contribution >= 0.6 is 0 Å². The van der Waals surface area contributed by atoms with Crippen molar-refractivity contribution in [2.75, 3.05) is 5.32 Å². The summed E-state index contributed by atoms with van der Waals surface area (Å²) in [5.41, 5.74) is 2.56. The molecule has 0 aromatic carbocycles. The number of nitrogens with zero attached hydrogens (tertiary/aromatic N) is 4. The van der Waals surface area contributed by atoms with Gasteiger partial charge in [0.15, 0.2) is 0 Å². The number of carbonyl (C=O) groups is 2. The van der Waals surface area contributed by atoms with Gasteiger partial charge in [-0.3, -0.25) is 14.5 Å². The summed E-state index contributed by atoms with van der Waals surface area (Å²) < 4.78 is 7.07. The quantitative estimate of drug-likeness (QED) is 0.687. The van der Waals surface area contributed by atoms with E-state index in [1.54, 1.807) is 37.8 Å². The van der Waals surface area contributed by atoms with Crippen molar-refractivity contribution in [2.45, 2.75) is 46.6 Å². The van der Waals surface area contributed by atoms with Gasteiger partial charge in [-0.15, -0.1) is 0 Å². The molecule has 3 rings (SSSR count). The Labute approximate surface area is 182 Å². The lowest BCUT2D eigenvalue weighted by Gasteiger charge is -2.19. The van der Waals surface area contributed by atoms with Crippen LogP contribution in [0.25, 0.3) is 11.3 Å². The summed E-state index contributed by atoms with van der Waals surface area (Å²) in [6, 6.07) is 3.67. The van der Waals surface area contributed by atoms with Gasteiger partial charge in [-0.1, -0.05) is 26.0 Å². The lowest BCUT2D eigenvalue weighted by Crippen LogP contribution is -2.26. The van der Waals surface area contributed by atoms with Gasteiger partial charge in [0.25, 0.3) is 0 Å². The van der Waals surface area contributed by atoms with Crippen LogP contribution in [-0.2, 0) is 16.6 Å². The number of anilines is 1. The van der Waals surface area contributed by atoms with Gasteiger partial charge in [-0.2, -0.15) is 10.1 Å². The fourth-order valence-electron chi connectivity index (χ4n) is 3.36. The van der Waals surface area contributed by atoms with Gasteiger partial charge in [0.1, 0.15) is 5.60 Å². The van der Waals surface area contributed by atoms with E-state index in [1.165, 1.54) is 0 Å². The minimum atomic E-state index is -0.672. The zero-order valence-electron chi connectivity index (χ0n) is 18.8. The Morgan fingerprint density at radius 3 is 2.77 bits per heavy atom. The number of ether oxygens (including phenoxy) is 1. The Bertz CT molecular complexity index is 1040. The summed E-state index contributed by atoms with van der Waals surface area (Å²) >= 11 is 0. The van der Waals surface area contributed by atoms with Crippen LogP contribution in [0.15, 0.2) is 41.7 Å². The van der Waals surface area contributed by atoms with Gasteiger partial charge in [0, 0.05) is 25.2 Å². The molecule has 0 spiro atoms. The first-order valence-corrected chi connectivity index (χ1v) is 10.3. The molecule has 0 saturated heterocycles. The molecule has 1 atom stereocenters. The maximum Gasteiger partial charge on any atom is 0.434 e. The number of hydrogen-bond acceptors (Lipinski definition) is 5. The number of fused-ring (bicyclic) bond motifs is 4. The lowest BCUT2D eigenvalue weighted by atomic mass is 9.93. The second-order valence-electron chi connectivity index (χ2n) is 8.89. The minimum absolute atomic E-state index is 0.0847. The highest BCUT2D eigenvalue weighted by molar-refractivity contribution is 6.06. The lowest BCUT2D eigenvalue weighted by molar-refractivity contribution is -0.119. The van der Waals surface area contributed by atoms with Crippen molar-refractivity contribution in [2.24, 2.45) is 23.9 Å². The third kappa shape index (κ3) is 5.45. The van der Waals surface area contributed by atoms with Crippen LogP contribution < -0.4 is 5.32 Å². The Morgan fingerprint density at radius 2 is 2.10 bits per heavy atom. The van der Waals surface area contributed by atoms with E-state index in [0.717, 1.165) is 11.3 Å². The molecule has 0 saturated carbocycles. The number of carbonyl (C=O) groups excluding carboxylic acids is 2. The zero-order valence-corrected chi connectivity index (χ0v) is 18.8. The largest absolute Gasteiger partial charge is 0.442 e. The third-order valence-corrected chi connectivity index (χ3v) is 4.82. The van der Waals surface area contributed by atoms with Crippen LogP contribution in [0.5, 0.6) is 0 Å². The normalized spacial score (nSPS) is 19.3. The number of aromatic nitrogens is 3. The molecule has 0 radical (unpaired) electrons. The van der Waals surface area contributed by atoms with E-state index in [4.69, 9.17) is 4.74 Å². The number of amides is 2. The number of nitrogens with one attached hydrogen (secondary N) is 1. The predicted octanol–water partition coefficient (Wildman–Crippen LogP) is 4.38. The minimum Gasteiger partial charge on any atom is -0.442 e. The van der Waals surface area contributed by atoms with E-state index < -0.39 is 11.7 Å². The molecule has 1 N–H and O–H groups in total. The summed E-state index contributed by atoms with van der Waals surface area (Å²) in [6.45, 7) is 9.36. The standard InChI is InChI=1S/C23H29N5O3/c1-14(2)16-8-7-9-17(27-22(30)31-23(3,4)5)18-12-15(10-11-24-18)20-19(26-21(16)29)13-25-28(20)6/h7-8,10-14,16H,9H2,1-6H3,(H,26,29)/b8-7+,27-17+/t16-/m0/s1. The highest BCUT2D eigenvalue weighted by Gasteiger charge is 2.24. The van der Waals surface area contributed by atoms with E-state index in [9.17, 15) is 9.59 Å². The molecule has 2 aromatic rings. The molecule has 0 fully saturated rings. The van der Waals surface area contributed by atoms with Crippen molar-refractivity contribution >= 4 is 23.4 Å². The molecule has 8 nitrogen and oxygen atoms in total. The van der Waals surface area contributed by atoms with Crippen LogP contribution in [0.1, 0.15) is 46.7 Å². The second kappa shape index (κ2) is 8.83. The summed E-state index contributed by atoms with van der Waals surface area (Å²) in [7, 11) is 1.81. The summed E-state index contributed by atoms with van der Waals surface area (Å²) in [6.07, 6.45) is 6.66. The van der Waals surface area contributed by atoms with Crippen molar-refractivity contribution < 1.29 is 14.3 Å². The van der Waals surface area contributed by atoms with E-state index in [1.807, 2.05) is 45.2 Å². The van der Waals surface area contributed by atoms with E-state index in [2.05, 4.69) is 20.4 Å². The fraction of sp³-hybridized carbons (Fsp3) is 0.435. The Hall–Kier alpha value is -3.29. The van der Waals surface area contributed by atoms with Crippen LogP contribution in [0.4, 0.5) is 10.5 Å². The first kappa shape index (κ1) is 22.4. The highest BCUT2D eigenvalue weighted by Crippen LogP contribution is 2.29. The molecular formula is C23H29N5O3. The average Bonchev–Trinajstić information content (AvgIpc) is 3.01. The topological polar surface area (TPSA) is 98.5 Å². The molecule has 0 unspecified atom stereocenters.